The van der Waals surface area contributed by atoms with Crippen molar-refractivity contribution in [1.29, 1.82) is 0 Å². The number of carbonyl (C=O) groups excluding carboxylic acids is 2. The van der Waals surface area contributed by atoms with E-state index < -0.39 is 5.91 Å². The normalized spacial score (nSPS) is 16.2. The Bertz CT molecular complexity index is 812. The van der Waals surface area contributed by atoms with Crippen molar-refractivity contribution in [3.8, 4) is 5.75 Å². The predicted octanol–water partition coefficient (Wildman–Crippen LogP) is 3.20. The number of phenols is 1. The lowest BCUT2D eigenvalue weighted by atomic mass is 10.1. The number of carbonyl (C=O) groups is 2. The molecule has 1 aromatic heterocycles. The SMILES string of the molecule is Cl.NCC1CCN(C(=O)c2ccsc2NC(=O)c2ccc(Cl)cc2O)C1. The molecule has 140 valence electrons. The van der Waals surface area contributed by atoms with E-state index in [-0.39, 0.29) is 29.6 Å². The summed E-state index contributed by atoms with van der Waals surface area (Å²) >= 11 is 7.04. The van der Waals surface area contributed by atoms with Crippen molar-refractivity contribution in [3.05, 3.63) is 45.8 Å². The van der Waals surface area contributed by atoms with E-state index in [0.29, 0.717) is 41.1 Å². The smallest absolute Gasteiger partial charge is 0.260 e. The second-order valence-corrected chi connectivity index (χ2v) is 7.27. The molecular formula is C17H19Cl2N3O3S. The van der Waals surface area contributed by atoms with Gasteiger partial charge in [-0.2, -0.15) is 0 Å². The van der Waals surface area contributed by atoms with E-state index in [9.17, 15) is 14.7 Å². The summed E-state index contributed by atoms with van der Waals surface area (Å²) in [5.41, 5.74) is 6.22. The third-order valence-corrected chi connectivity index (χ3v) is 5.30. The minimum absolute atomic E-state index is 0. The van der Waals surface area contributed by atoms with E-state index >= 15 is 0 Å². The molecule has 1 unspecified atom stereocenters. The van der Waals surface area contributed by atoms with Crippen LogP contribution in [0.1, 0.15) is 27.1 Å². The standard InChI is InChI=1S/C17H18ClN3O3S.ClH/c18-11-1-2-12(14(22)7-11)15(23)20-16-13(4-6-25-16)17(24)21-5-3-10(8-19)9-21;/h1-2,4,6-7,10,22H,3,5,8-9,19H2,(H,20,23);1H. The van der Waals surface area contributed by atoms with Crippen molar-refractivity contribution in [2.45, 2.75) is 6.42 Å². The van der Waals surface area contributed by atoms with Crippen molar-refractivity contribution >= 4 is 52.2 Å². The molecule has 6 nitrogen and oxygen atoms in total. The number of nitrogens with one attached hydrogen (secondary N) is 1. The summed E-state index contributed by atoms with van der Waals surface area (Å²) in [6, 6.07) is 5.95. The highest BCUT2D eigenvalue weighted by Gasteiger charge is 2.28. The predicted molar refractivity (Wildman–Crippen MR) is 106 cm³/mol. The number of hydrogen-bond acceptors (Lipinski definition) is 5. The van der Waals surface area contributed by atoms with Gasteiger partial charge in [0, 0.05) is 18.1 Å². The van der Waals surface area contributed by atoms with Gasteiger partial charge in [-0.25, -0.2) is 0 Å². The Kier molecular flexibility index (Phi) is 6.88. The first-order chi connectivity index (χ1) is 12.0. The second kappa shape index (κ2) is 8.73. The van der Waals surface area contributed by atoms with E-state index in [1.165, 1.54) is 29.5 Å². The maximum absolute atomic E-state index is 12.7. The number of nitrogens with zero attached hydrogens (tertiary/aromatic N) is 1. The molecule has 1 aromatic carbocycles. The molecule has 1 aliphatic heterocycles. The minimum atomic E-state index is -0.494. The molecule has 1 fully saturated rings. The first kappa shape index (κ1) is 20.5. The summed E-state index contributed by atoms with van der Waals surface area (Å²) in [6.07, 6.45) is 0.896. The van der Waals surface area contributed by atoms with Gasteiger partial charge in [-0.1, -0.05) is 11.6 Å². The number of likely N-dealkylation sites (tertiary alicyclic amines) is 1. The quantitative estimate of drug-likeness (QED) is 0.713. The number of aromatic hydroxyl groups is 1. The summed E-state index contributed by atoms with van der Waals surface area (Å²) in [7, 11) is 0. The van der Waals surface area contributed by atoms with Crippen molar-refractivity contribution in [1.82, 2.24) is 4.90 Å². The zero-order valence-electron chi connectivity index (χ0n) is 13.8. The molecule has 0 radical (unpaired) electrons. The van der Waals surface area contributed by atoms with Gasteiger partial charge >= 0.3 is 0 Å². The number of phenolic OH excluding ortho intramolecular Hbond substituents is 1. The minimum Gasteiger partial charge on any atom is -0.507 e. The van der Waals surface area contributed by atoms with Crippen molar-refractivity contribution in [2.24, 2.45) is 11.7 Å². The van der Waals surface area contributed by atoms with Gasteiger partial charge in [0.1, 0.15) is 10.8 Å². The molecule has 0 saturated carbocycles. The number of benzene rings is 1. The first-order valence-corrected chi connectivity index (χ1v) is 9.12. The number of amides is 2. The third kappa shape index (κ3) is 4.29. The summed E-state index contributed by atoms with van der Waals surface area (Å²) in [5, 5.41) is 15.1. The molecule has 9 heteroatoms. The largest absolute Gasteiger partial charge is 0.507 e. The lowest BCUT2D eigenvalue weighted by Gasteiger charge is -2.16. The van der Waals surface area contributed by atoms with Crippen molar-refractivity contribution in [2.75, 3.05) is 25.0 Å². The molecule has 1 atom stereocenters. The number of hydrogen-bond donors (Lipinski definition) is 3. The molecule has 2 amide bonds. The maximum atomic E-state index is 12.7. The number of rotatable bonds is 4. The number of nitrogens with two attached hydrogens (primary N) is 1. The van der Waals surface area contributed by atoms with Gasteiger partial charge in [-0.3, -0.25) is 9.59 Å². The van der Waals surface area contributed by atoms with Crippen LogP contribution < -0.4 is 11.1 Å². The van der Waals surface area contributed by atoms with E-state index in [4.69, 9.17) is 17.3 Å². The molecule has 0 aliphatic carbocycles. The van der Waals surface area contributed by atoms with Gasteiger partial charge < -0.3 is 21.1 Å². The van der Waals surface area contributed by atoms with Crippen LogP contribution in [-0.4, -0.2) is 41.5 Å². The van der Waals surface area contributed by atoms with Gasteiger partial charge in [0.05, 0.1) is 11.1 Å². The Morgan fingerprint density at radius 2 is 2.12 bits per heavy atom. The molecule has 1 saturated heterocycles. The van der Waals surface area contributed by atoms with Crippen LogP contribution in [-0.2, 0) is 0 Å². The molecular weight excluding hydrogens is 397 g/mol. The highest BCUT2D eigenvalue weighted by Crippen LogP contribution is 2.29. The highest BCUT2D eigenvalue weighted by atomic mass is 35.5. The van der Waals surface area contributed by atoms with Crippen LogP contribution in [0.25, 0.3) is 0 Å². The third-order valence-electron chi connectivity index (χ3n) is 4.23. The van der Waals surface area contributed by atoms with E-state index in [1.54, 1.807) is 16.3 Å². The Morgan fingerprint density at radius 3 is 2.77 bits per heavy atom. The zero-order valence-corrected chi connectivity index (χ0v) is 16.2. The Morgan fingerprint density at radius 1 is 1.35 bits per heavy atom. The molecule has 0 bridgehead atoms. The molecule has 2 heterocycles. The van der Waals surface area contributed by atoms with Crippen molar-refractivity contribution < 1.29 is 14.7 Å². The average Bonchev–Trinajstić information content (AvgIpc) is 3.23. The highest BCUT2D eigenvalue weighted by molar-refractivity contribution is 7.14. The number of thiophene rings is 1. The van der Waals surface area contributed by atoms with Crippen LogP contribution in [0.5, 0.6) is 5.75 Å². The van der Waals surface area contributed by atoms with Gasteiger partial charge in [0.25, 0.3) is 11.8 Å². The fourth-order valence-electron chi connectivity index (χ4n) is 2.82. The fraction of sp³-hybridized carbons (Fsp3) is 0.294. The topological polar surface area (TPSA) is 95.7 Å². The number of anilines is 1. The molecule has 26 heavy (non-hydrogen) atoms. The van der Waals surface area contributed by atoms with E-state index in [2.05, 4.69) is 5.32 Å². The van der Waals surface area contributed by atoms with E-state index in [1.807, 2.05) is 0 Å². The van der Waals surface area contributed by atoms with Gasteiger partial charge in [-0.05, 0) is 48.5 Å². The molecule has 4 N–H and O–H groups in total. The summed E-state index contributed by atoms with van der Waals surface area (Å²) < 4.78 is 0. The Balaban J connectivity index is 0.00000243. The zero-order chi connectivity index (χ0) is 18.0. The number of halogens is 2. The van der Waals surface area contributed by atoms with Crippen LogP contribution in [0, 0.1) is 5.92 Å². The molecule has 3 rings (SSSR count). The van der Waals surface area contributed by atoms with Gasteiger partial charge in [-0.15, -0.1) is 23.7 Å². The lowest BCUT2D eigenvalue weighted by molar-refractivity contribution is 0.0789. The van der Waals surface area contributed by atoms with Crippen LogP contribution in [0.15, 0.2) is 29.6 Å². The van der Waals surface area contributed by atoms with Crippen LogP contribution in [0.4, 0.5) is 5.00 Å². The van der Waals surface area contributed by atoms with Crippen LogP contribution in [0.3, 0.4) is 0 Å². The van der Waals surface area contributed by atoms with Crippen LogP contribution in [0.2, 0.25) is 5.02 Å². The Labute approximate surface area is 166 Å². The second-order valence-electron chi connectivity index (χ2n) is 5.92. The van der Waals surface area contributed by atoms with Gasteiger partial charge in [0.2, 0.25) is 0 Å². The monoisotopic (exact) mass is 415 g/mol. The molecule has 0 spiro atoms. The first-order valence-electron chi connectivity index (χ1n) is 7.86. The molecule has 2 aromatic rings. The fourth-order valence-corrected chi connectivity index (χ4v) is 3.76. The summed E-state index contributed by atoms with van der Waals surface area (Å²) in [5.74, 6) is -0.494. The average molecular weight is 416 g/mol. The maximum Gasteiger partial charge on any atom is 0.260 e. The molecule has 1 aliphatic rings. The van der Waals surface area contributed by atoms with E-state index in [0.717, 1.165) is 6.42 Å². The van der Waals surface area contributed by atoms with Crippen LogP contribution >= 0.6 is 35.3 Å². The Hall–Kier alpha value is -1.80. The summed E-state index contributed by atoms with van der Waals surface area (Å²) in [6.45, 7) is 1.87. The summed E-state index contributed by atoms with van der Waals surface area (Å²) in [4.78, 5) is 26.8. The lowest BCUT2D eigenvalue weighted by Crippen LogP contribution is -2.30. The van der Waals surface area contributed by atoms with Gasteiger partial charge in [0.15, 0.2) is 0 Å². The van der Waals surface area contributed by atoms with Crippen molar-refractivity contribution in [3.63, 3.8) is 0 Å².